The number of carbonyl (C=O) groups excluding carboxylic acids is 1. The van der Waals surface area contributed by atoms with Gasteiger partial charge in [0.15, 0.2) is 5.82 Å². The Balaban J connectivity index is 2.35. The van der Waals surface area contributed by atoms with Crippen LogP contribution in [-0.2, 0) is 17.8 Å². The fourth-order valence-electron chi connectivity index (χ4n) is 1.01. The molecule has 0 saturated carbocycles. The Morgan fingerprint density at radius 1 is 1.47 bits per heavy atom. The largest absolute Gasteiger partial charge is 0.389 e. The topological polar surface area (TPSA) is 94.0 Å². The maximum absolute atomic E-state index is 11.9. The molecule has 0 radical (unpaired) electrons. The molecule has 1 aromatic heterocycles. The highest BCUT2D eigenvalue weighted by atomic mass is 19.4. The summed E-state index contributed by atoms with van der Waals surface area (Å²) in [6.07, 6.45) is -5.57. The lowest BCUT2D eigenvalue weighted by atomic mass is 10.3. The average molecular weight is 252 g/mol. The quantitative estimate of drug-likeness (QED) is 0.751. The molecule has 0 aliphatic carbocycles. The third-order valence-corrected chi connectivity index (χ3v) is 1.72. The minimum Gasteiger partial charge on any atom is -0.369 e. The Morgan fingerprint density at radius 3 is 2.76 bits per heavy atom. The number of primary amides is 1. The molecule has 1 aromatic rings. The lowest BCUT2D eigenvalue weighted by Crippen LogP contribution is -2.28. The minimum atomic E-state index is -4.25. The lowest BCUT2D eigenvalue weighted by Gasteiger charge is -2.01. The molecule has 96 valence electrons. The van der Waals surface area contributed by atoms with Gasteiger partial charge in [-0.1, -0.05) is 5.16 Å². The van der Waals surface area contributed by atoms with E-state index in [2.05, 4.69) is 20.0 Å². The molecule has 0 unspecified atom stereocenters. The van der Waals surface area contributed by atoms with Crippen LogP contribution in [0, 0.1) is 0 Å². The van der Waals surface area contributed by atoms with E-state index in [1.807, 2.05) is 0 Å². The van der Waals surface area contributed by atoms with Crippen molar-refractivity contribution in [1.29, 1.82) is 0 Å². The molecule has 3 N–H and O–H groups in total. The number of halogens is 3. The summed E-state index contributed by atoms with van der Waals surface area (Å²) >= 11 is 0. The molecule has 0 aliphatic rings. The van der Waals surface area contributed by atoms with E-state index >= 15 is 0 Å². The van der Waals surface area contributed by atoms with Crippen LogP contribution in [0.25, 0.3) is 0 Å². The van der Waals surface area contributed by atoms with Gasteiger partial charge < -0.3 is 10.3 Å². The molecule has 17 heavy (non-hydrogen) atoms. The van der Waals surface area contributed by atoms with Crippen LogP contribution in [0.1, 0.15) is 18.1 Å². The predicted molar refractivity (Wildman–Crippen MR) is 49.6 cm³/mol. The van der Waals surface area contributed by atoms with Gasteiger partial charge in [-0.25, -0.2) is 0 Å². The number of nitrogens with one attached hydrogen (secondary N) is 1. The van der Waals surface area contributed by atoms with E-state index in [4.69, 9.17) is 5.73 Å². The van der Waals surface area contributed by atoms with Crippen LogP contribution in [0.2, 0.25) is 0 Å². The van der Waals surface area contributed by atoms with Crippen LogP contribution in [0.15, 0.2) is 4.52 Å². The summed E-state index contributed by atoms with van der Waals surface area (Å²) in [7, 11) is 0. The van der Waals surface area contributed by atoms with Crippen molar-refractivity contribution in [3.05, 3.63) is 11.7 Å². The first-order valence-corrected chi connectivity index (χ1v) is 4.74. The first-order valence-electron chi connectivity index (χ1n) is 4.74. The van der Waals surface area contributed by atoms with Crippen molar-refractivity contribution < 1.29 is 22.5 Å². The van der Waals surface area contributed by atoms with Crippen molar-refractivity contribution >= 4 is 5.91 Å². The van der Waals surface area contributed by atoms with Crippen LogP contribution < -0.4 is 11.1 Å². The molecule has 0 aliphatic heterocycles. The monoisotopic (exact) mass is 252 g/mol. The molecular formula is C8H11F3N4O2. The van der Waals surface area contributed by atoms with Crippen LogP contribution in [-0.4, -0.2) is 28.8 Å². The van der Waals surface area contributed by atoms with E-state index in [9.17, 15) is 18.0 Å². The molecule has 0 aromatic carbocycles. The lowest BCUT2D eigenvalue weighted by molar-refractivity contribution is -0.134. The number of aryl methyl sites for hydroxylation is 1. The zero-order chi connectivity index (χ0) is 12.9. The number of rotatable bonds is 6. The fraction of sp³-hybridized carbons (Fsp3) is 0.625. The maximum Gasteiger partial charge on any atom is 0.389 e. The number of alkyl halides is 3. The number of hydrogen-bond acceptors (Lipinski definition) is 5. The first-order chi connectivity index (χ1) is 7.87. The zero-order valence-electron chi connectivity index (χ0n) is 8.75. The van der Waals surface area contributed by atoms with Crippen LogP contribution in [0.3, 0.4) is 0 Å². The van der Waals surface area contributed by atoms with Crippen LogP contribution in [0.5, 0.6) is 0 Å². The zero-order valence-corrected chi connectivity index (χ0v) is 8.75. The Hall–Kier alpha value is -1.64. The summed E-state index contributed by atoms with van der Waals surface area (Å²) < 4.78 is 40.3. The molecule has 6 nitrogen and oxygen atoms in total. The Bertz CT molecular complexity index is 377. The first kappa shape index (κ1) is 13.4. The van der Waals surface area contributed by atoms with Crippen molar-refractivity contribution in [2.75, 3.05) is 6.54 Å². The summed E-state index contributed by atoms with van der Waals surface area (Å²) in [5.74, 6) is -0.455. The number of carbonyl (C=O) groups is 1. The summed E-state index contributed by atoms with van der Waals surface area (Å²) in [6, 6.07) is 0. The summed E-state index contributed by atoms with van der Waals surface area (Å²) in [5, 5.41) is 5.97. The number of aromatic nitrogens is 2. The number of hydrogen-bond donors (Lipinski definition) is 2. The standard InChI is InChI=1S/C8H11F3N4O2/c9-8(10,11)2-1-6-14-7(17-15-6)4-13-3-5(12)16/h13H,1-4H2,(H2,12,16). The Kier molecular flexibility index (Phi) is 4.44. The van der Waals surface area contributed by atoms with Gasteiger partial charge in [0.25, 0.3) is 0 Å². The number of nitrogens with zero attached hydrogens (tertiary/aromatic N) is 2. The molecule has 0 bridgehead atoms. The van der Waals surface area contributed by atoms with E-state index in [0.717, 1.165) is 0 Å². The normalized spacial score (nSPS) is 11.7. The predicted octanol–water partition coefficient (Wildman–Crippen LogP) is 0.139. The van der Waals surface area contributed by atoms with E-state index in [1.165, 1.54) is 0 Å². The second-order valence-electron chi connectivity index (χ2n) is 3.29. The van der Waals surface area contributed by atoms with Gasteiger partial charge in [0.2, 0.25) is 11.8 Å². The molecular weight excluding hydrogens is 241 g/mol. The van der Waals surface area contributed by atoms with E-state index in [1.54, 1.807) is 0 Å². The van der Waals surface area contributed by atoms with Crippen molar-refractivity contribution in [2.24, 2.45) is 5.73 Å². The van der Waals surface area contributed by atoms with Gasteiger partial charge in [0.1, 0.15) is 0 Å². The third-order valence-electron chi connectivity index (χ3n) is 1.72. The van der Waals surface area contributed by atoms with E-state index in [0.29, 0.717) is 0 Å². The molecule has 1 rings (SSSR count). The third kappa shape index (κ3) is 5.85. The van der Waals surface area contributed by atoms with Crippen molar-refractivity contribution in [1.82, 2.24) is 15.5 Å². The van der Waals surface area contributed by atoms with Gasteiger partial charge in [-0.15, -0.1) is 0 Å². The van der Waals surface area contributed by atoms with E-state index in [-0.39, 0.29) is 31.2 Å². The minimum absolute atomic E-state index is 0.0156. The SMILES string of the molecule is NC(=O)CNCc1nc(CCC(F)(F)F)no1. The smallest absolute Gasteiger partial charge is 0.369 e. The van der Waals surface area contributed by atoms with Crippen LogP contribution >= 0.6 is 0 Å². The maximum atomic E-state index is 11.9. The highest BCUT2D eigenvalue weighted by Gasteiger charge is 2.27. The Labute approximate surface area is 94.4 Å². The molecule has 1 amide bonds. The van der Waals surface area contributed by atoms with Crippen molar-refractivity contribution in [3.8, 4) is 0 Å². The van der Waals surface area contributed by atoms with Gasteiger partial charge in [-0.2, -0.15) is 18.2 Å². The van der Waals surface area contributed by atoms with E-state index < -0.39 is 18.5 Å². The second-order valence-corrected chi connectivity index (χ2v) is 3.29. The molecule has 0 fully saturated rings. The molecule has 9 heteroatoms. The summed E-state index contributed by atoms with van der Waals surface area (Å²) in [6.45, 7) is 0.0161. The van der Waals surface area contributed by atoms with Crippen molar-refractivity contribution in [2.45, 2.75) is 25.6 Å². The van der Waals surface area contributed by atoms with Crippen molar-refractivity contribution in [3.63, 3.8) is 0 Å². The van der Waals surface area contributed by atoms with Gasteiger partial charge >= 0.3 is 6.18 Å². The van der Waals surface area contributed by atoms with Gasteiger partial charge in [0, 0.05) is 6.42 Å². The molecule has 0 saturated heterocycles. The highest BCUT2D eigenvalue weighted by molar-refractivity contribution is 5.75. The van der Waals surface area contributed by atoms with Gasteiger partial charge in [-0.3, -0.25) is 10.1 Å². The fourth-order valence-corrected chi connectivity index (χ4v) is 1.01. The highest BCUT2D eigenvalue weighted by Crippen LogP contribution is 2.21. The molecule has 0 atom stereocenters. The average Bonchev–Trinajstić information content (AvgIpc) is 2.61. The molecule has 0 spiro atoms. The molecule has 1 heterocycles. The summed E-state index contributed by atoms with van der Waals surface area (Å²) in [5.41, 5.74) is 4.86. The second kappa shape index (κ2) is 5.62. The van der Waals surface area contributed by atoms with Gasteiger partial charge in [-0.05, 0) is 0 Å². The van der Waals surface area contributed by atoms with Crippen LogP contribution in [0.4, 0.5) is 13.2 Å². The summed E-state index contributed by atoms with van der Waals surface area (Å²) in [4.78, 5) is 14.1. The number of nitrogens with two attached hydrogens (primary N) is 1. The van der Waals surface area contributed by atoms with Gasteiger partial charge in [0.05, 0.1) is 19.5 Å². The Morgan fingerprint density at radius 2 is 2.18 bits per heavy atom. The number of amides is 1.